The van der Waals surface area contributed by atoms with Gasteiger partial charge in [0.05, 0.1) is 16.3 Å². The van der Waals surface area contributed by atoms with Crippen LogP contribution in [0.15, 0.2) is 42.7 Å². The third-order valence-electron chi connectivity index (χ3n) is 4.21. The van der Waals surface area contributed by atoms with Crippen LogP contribution in [0.3, 0.4) is 0 Å². The van der Waals surface area contributed by atoms with Crippen LogP contribution in [-0.2, 0) is 0 Å². The molecule has 3 heterocycles. The molecule has 0 radical (unpaired) electrons. The highest BCUT2D eigenvalue weighted by Crippen LogP contribution is 2.37. The number of likely N-dealkylation sites (tertiary alicyclic amines) is 1. The molecule has 3 nitrogen and oxygen atoms in total. The summed E-state index contributed by atoms with van der Waals surface area (Å²) in [6, 6.07) is 10.9. The molecule has 0 spiro atoms. The Kier molecular flexibility index (Phi) is 3.20. The average molecular weight is 295 g/mol. The summed E-state index contributed by atoms with van der Waals surface area (Å²) in [5.41, 5.74) is 3.42. The number of nitrogens with zero attached hydrogens (tertiary/aromatic N) is 3. The van der Waals surface area contributed by atoms with Crippen LogP contribution in [0.25, 0.3) is 21.3 Å². The van der Waals surface area contributed by atoms with Crippen LogP contribution in [0.5, 0.6) is 0 Å². The van der Waals surface area contributed by atoms with E-state index < -0.39 is 0 Å². The molecular weight excluding hydrogens is 278 g/mol. The van der Waals surface area contributed by atoms with Crippen LogP contribution in [-0.4, -0.2) is 28.5 Å². The highest BCUT2D eigenvalue weighted by Gasteiger charge is 2.26. The molecule has 0 aliphatic carbocycles. The number of fused-ring (bicyclic) bond motifs is 1. The van der Waals surface area contributed by atoms with E-state index in [0.717, 1.165) is 11.1 Å². The molecule has 1 aliphatic rings. The zero-order chi connectivity index (χ0) is 14.2. The Morgan fingerprint density at radius 2 is 2.05 bits per heavy atom. The Labute approximate surface area is 128 Å². The lowest BCUT2D eigenvalue weighted by Gasteiger charge is -2.16. The first kappa shape index (κ1) is 12.9. The molecular formula is C17H17N3S. The maximum absolute atomic E-state index is 4.96. The summed E-state index contributed by atoms with van der Waals surface area (Å²) in [4.78, 5) is 11.8. The summed E-state index contributed by atoms with van der Waals surface area (Å²) in [6.45, 7) is 1.17. The van der Waals surface area contributed by atoms with Crippen molar-refractivity contribution in [2.45, 2.75) is 18.9 Å². The molecule has 1 saturated heterocycles. The number of aromatic nitrogens is 2. The van der Waals surface area contributed by atoms with Gasteiger partial charge in [0.25, 0.3) is 0 Å². The molecule has 3 aromatic rings. The van der Waals surface area contributed by atoms with Gasteiger partial charge in [0.15, 0.2) is 0 Å². The summed E-state index contributed by atoms with van der Waals surface area (Å²) < 4.78 is 1.19. The third-order valence-corrected chi connectivity index (χ3v) is 5.30. The maximum atomic E-state index is 4.96. The van der Waals surface area contributed by atoms with Crippen LogP contribution in [0, 0.1) is 0 Å². The Hall–Kier alpha value is -1.78. The second kappa shape index (κ2) is 5.20. The Morgan fingerprint density at radius 3 is 2.81 bits per heavy atom. The monoisotopic (exact) mass is 295 g/mol. The van der Waals surface area contributed by atoms with Crippen molar-refractivity contribution < 1.29 is 0 Å². The summed E-state index contributed by atoms with van der Waals surface area (Å²) in [6.07, 6.45) is 6.35. The van der Waals surface area contributed by atoms with Gasteiger partial charge in [-0.25, -0.2) is 4.98 Å². The van der Waals surface area contributed by atoms with Crippen molar-refractivity contribution in [1.29, 1.82) is 0 Å². The zero-order valence-electron chi connectivity index (χ0n) is 12.0. The van der Waals surface area contributed by atoms with Gasteiger partial charge < -0.3 is 0 Å². The van der Waals surface area contributed by atoms with E-state index >= 15 is 0 Å². The third kappa shape index (κ3) is 2.24. The fourth-order valence-electron chi connectivity index (χ4n) is 3.06. The highest BCUT2D eigenvalue weighted by molar-refractivity contribution is 7.18. The standard InChI is InChI=1S/C17H17N3S/c1-20-9-5-8-14(20)17-19-16-13(10-18-11-15(16)21-17)12-6-3-2-4-7-12/h2-4,6-7,10-11,14H,5,8-9H2,1H3/t14-/m0/s1. The van der Waals surface area contributed by atoms with E-state index in [1.54, 1.807) is 11.3 Å². The van der Waals surface area contributed by atoms with Crippen LogP contribution in [0.4, 0.5) is 0 Å². The molecule has 1 aromatic carbocycles. The van der Waals surface area contributed by atoms with Gasteiger partial charge in [0, 0.05) is 18.0 Å². The predicted molar refractivity (Wildman–Crippen MR) is 87.5 cm³/mol. The topological polar surface area (TPSA) is 29.0 Å². The van der Waals surface area contributed by atoms with Gasteiger partial charge in [0.2, 0.25) is 0 Å². The van der Waals surface area contributed by atoms with Gasteiger partial charge in [-0.15, -0.1) is 11.3 Å². The van der Waals surface area contributed by atoms with Gasteiger partial charge >= 0.3 is 0 Å². The quantitative estimate of drug-likeness (QED) is 0.712. The minimum Gasteiger partial charge on any atom is -0.297 e. The normalized spacial score (nSPS) is 19.4. The van der Waals surface area contributed by atoms with Crippen molar-refractivity contribution in [3.05, 3.63) is 47.7 Å². The molecule has 2 aromatic heterocycles. The van der Waals surface area contributed by atoms with Crippen LogP contribution in [0.2, 0.25) is 0 Å². The largest absolute Gasteiger partial charge is 0.297 e. The van der Waals surface area contributed by atoms with E-state index in [1.807, 2.05) is 18.5 Å². The van der Waals surface area contributed by atoms with E-state index in [1.165, 1.54) is 34.7 Å². The molecule has 1 fully saturated rings. The van der Waals surface area contributed by atoms with Crippen molar-refractivity contribution in [2.75, 3.05) is 13.6 Å². The highest BCUT2D eigenvalue weighted by atomic mass is 32.1. The lowest BCUT2D eigenvalue weighted by molar-refractivity contribution is 0.317. The van der Waals surface area contributed by atoms with Crippen LogP contribution in [0.1, 0.15) is 23.9 Å². The van der Waals surface area contributed by atoms with Crippen LogP contribution < -0.4 is 0 Å². The Bertz CT molecular complexity index is 766. The summed E-state index contributed by atoms with van der Waals surface area (Å²) in [5, 5.41) is 1.23. The number of thiazole rings is 1. The molecule has 21 heavy (non-hydrogen) atoms. The van der Waals surface area contributed by atoms with Gasteiger partial charge in [-0.3, -0.25) is 9.88 Å². The molecule has 1 atom stereocenters. The number of hydrogen-bond donors (Lipinski definition) is 0. The predicted octanol–water partition coefficient (Wildman–Crippen LogP) is 4.13. The van der Waals surface area contributed by atoms with Crippen molar-refractivity contribution in [2.24, 2.45) is 0 Å². The van der Waals surface area contributed by atoms with E-state index in [9.17, 15) is 0 Å². The SMILES string of the molecule is CN1CCC[C@H]1c1nc2c(-c3ccccc3)cncc2s1. The number of hydrogen-bond acceptors (Lipinski definition) is 4. The first-order valence-electron chi connectivity index (χ1n) is 7.33. The van der Waals surface area contributed by atoms with Crippen LogP contribution >= 0.6 is 11.3 Å². The minimum absolute atomic E-state index is 0.478. The number of benzene rings is 1. The average Bonchev–Trinajstić information content (AvgIpc) is 3.13. The molecule has 0 unspecified atom stereocenters. The summed E-state index contributed by atoms with van der Waals surface area (Å²) >= 11 is 1.79. The van der Waals surface area contributed by atoms with E-state index in [4.69, 9.17) is 4.98 Å². The summed E-state index contributed by atoms with van der Waals surface area (Å²) in [7, 11) is 2.19. The second-order valence-corrected chi connectivity index (χ2v) is 6.65. The molecule has 106 valence electrons. The molecule has 0 saturated carbocycles. The fraction of sp³-hybridized carbons (Fsp3) is 0.294. The van der Waals surface area contributed by atoms with E-state index in [-0.39, 0.29) is 0 Å². The second-order valence-electron chi connectivity index (χ2n) is 5.59. The zero-order valence-corrected chi connectivity index (χ0v) is 12.8. The maximum Gasteiger partial charge on any atom is 0.111 e. The number of pyridine rings is 1. The molecule has 0 amide bonds. The number of rotatable bonds is 2. The lowest BCUT2D eigenvalue weighted by Crippen LogP contribution is -2.17. The Balaban J connectivity index is 1.85. The van der Waals surface area contributed by atoms with Gasteiger partial charge in [-0.1, -0.05) is 30.3 Å². The molecule has 1 aliphatic heterocycles. The molecule has 0 N–H and O–H groups in total. The first-order chi connectivity index (χ1) is 10.3. The van der Waals surface area contributed by atoms with Gasteiger partial charge in [-0.05, 0) is 32.0 Å². The van der Waals surface area contributed by atoms with Gasteiger partial charge in [0.1, 0.15) is 5.01 Å². The lowest BCUT2D eigenvalue weighted by atomic mass is 10.1. The molecule has 4 heteroatoms. The van der Waals surface area contributed by atoms with Crippen molar-refractivity contribution in [1.82, 2.24) is 14.9 Å². The minimum atomic E-state index is 0.478. The fourth-order valence-corrected chi connectivity index (χ4v) is 4.23. The summed E-state index contributed by atoms with van der Waals surface area (Å²) in [5.74, 6) is 0. The van der Waals surface area contributed by atoms with Crippen molar-refractivity contribution >= 4 is 21.6 Å². The Morgan fingerprint density at radius 1 is 1.19 bits per heavy atom. The van der Waals surface area contributed by atoms with E-state index in [0.29, 0.717) is 6.04 Å². The van der Waals surface area contributed by atoms with Crippen molar-refractivity contribution in [3.8, 4) is 11.1 Å². The smallest absolute Gasteiger partial charge is 0.111 e. The van der Waals surface area contributed by atoms with Crippen molar-refractivity contribution in [3.63, 3.8) is 0 Å². The molecule has 0 bridgehead atoms. The first-order valence-corrected chi connectivity index (χ1v) is 8.14. The molecule has 4 rings (SSSR count). The van der Waals surface area contributed by atoms with E-state index in [2.05, 4.69) is 41.2 Å². The van der Waals surface area contributed by atoms with Gasteiger partial charge in [-0.2, -0.15) is 0 Å².